The van der Waals surface area contributed by atoms with Crippen LogP contribution in [0.5, 0.6) is 23.0 Å². The van der Waals surface area contributed by atoms with E-state index >= 15 is 0 Å². The fourth-order valence-electron chi connectivity index (χ4n) is 5.12. The maximum atomic E-state index is 12.7. The molecule has 0 spiro atoms. The molecule has 1 unspecified atom stereocenters. The number of benzene rings is 4. The van der Waals surface area contributed by atoms with E-state index in [2.05, 4.69) is 5.32 Å². The van der Waals surface area contributed by atoms with E-state index in [1.807, 2.05) is 13.0 Å². The van der Waals surface area contributed by atoms with Gasteiger partial charge < -0.3 is 34.8 Å². The molecule has 4 aromatic carbocycles. The van der Waals surface area contributed by atoms with Crippen molar-refractivity contribution in [3.8, 4) is 23.0 Å². The Morgan fingerprint density at radius 1 is 0.868 bits per heavy atom. The summed E-state index contributed by atoms with van der Waals surface area (Å²) in [5, 5.41) is 32.6. The Morgan fingerprint density at radius 3 is 2.09 bits per heavy atom. The van der Waals surface area contributed by atoms with E-state index in [0.717, 1.165) is 12.1 Å². The number of carboxylic acid groups (broad SMARTS) is 1. The van der Waals surface area contributed by atoms with Crippen LogP contribution in [0.4, 0.5) is 13.2 Å². The maximum Gasteiger partial charge on any atom is 0.416 e. The summed E-state index contributed by atoms with van der Waals surface area (Å²) in [7, 11) is 1.31. The van der Waals surface area contributed by atoms with Gasteiger partial charge in [0.05, 0.1) is 23.8 Å². The highest BCUT2D eigenvalue weighted by Crippen LogP contribution is 2.36. The number of nitrogens with one attached hydrogen (secondary N) is 1. The van der Waals surface area contributed by atoms with Gasteiger partial charge in [0.15, 0.2) is 6.29 Å². The van der Waals surface area contributed by atoms with Gasteiger partial charge in [-0.2, -0.15) is 13.2 Å². The number of halogens is 4. The van der Waals surface area contributed by atoms with E-state index in [1.165, 1.54) is 46.1 Å². The quantitative estimate of drug-likeness (QED) is 0.0496. The molecule has 0 heterocycles. The van der Waals surface area contributed by atoms with E-state index in [0.29, 0.717) is 35.9 Å². The van der Waals surface area contributed by atoms with Crippen molar-refractivity contribution < 1.29 is 61.9 Å². The standard InChI is InChI=1S/C19H20F3NO2.C19H18O8.ClH/c1-14(12-15-6-5-9-17(13-15)19(20,21)22)23-10-11-25-18(24)16-7-3-2-4-8-16;1-8-5-13(26-4)11(7-20)17(22)14(8)19(25)27-12-6-9(2)16(21)15(10(12)3)18(23)24;/h2-9,13-14,23H,10-12H2,1H3;5-7,21-22H,1-4H3,(H,23,24);1H. The number of aryl methyl sites for hydroxylation is 2. The van der Waals surface area contributed by atoms with Crippen LogP contribution in [0.2, 0.25) is 0 Å². The number of aromatic hydroxyl groups is 2. The topological polar surface area (TPSA) is 169 Å². The molecule has 0 aromatic heterocycles. The summed E-state index contributed by atoms with van der Waals surface area (Å²) in [5.74, 6) is -3.77. The summed E-state index contributed by atoms with van der Waals surface area (Å²) >= 11 is 0. The van der Waals surface area contributed by atoms with Gasteiger partial charge >= 0.3 is 24.1 Å². The fraction of sp³-hybridized carbons (Fsp3) is 0.263. The van der Waals surface area contributed by atoms with Crippen LogP contribution in [-0.2, 0) is 17.3 Å². The Kier molecular flexibility index (Phi) is 15.9. The van der Waals surface area contributed by atoms with Crippen molar-refractivity contribution in [2.24, 2.45) is 0 Å². The summed E-state index contributed by atoms with van der Waals surface area (Å²) in [6.45, 7) is 6.85. The third kappa shape index (κ3) is 11.4. The highest BCUT2D eigenvalue weighted by atomic mass is 35.5. The molecule has 0 aliphatic carbocycles. The molecule has 0 fully saturated rings. The molecule has 0 amide bonds. The van der Waals surface area contributed by atoms with Crippen LogP contribution in [0.1, 0.15) is 76.2 Å². The summed E-state index contributed by atoms with van der Waals surface area (Å²) < 4.78 is 53.5. The van der Waals surface area contributed by atoms with Gasteiger partial charge in [0.2, 0.25) is 0 Å². The molecule has 0 saturated heterocycles. The number of carboxylic acids is 1. The lowest BCUT2D eigenvalue weighted by atomic mass is 10.0. The number of phenolic OH excluding ortho intramolecular Hbond substituents is 1. The van der Waals surface area contributed by atoms with E-state index in [1.54, 1.807) is 30.3 Å². The number of ether oxygens (including phenoxy) is 3. The number of methoxy groups -OCH3 is 1. The lowest BCUT2D eigenvalue weighted by molar-refractivity contribution is -0.137. The monoisotopic (exact) mass is 761 g/mol. The molecule has 0 bridgehead atoms. The minimum atomic E-state index is -4.34. The highest BCUT2D eigenvalue weighted by Gasteiger charge is 2.30. The number of esters is 2. The lowest BCUT2D eigenvalue weighted by Gasteiger charge is -2.16. The Balaban J connectivity index is 0.000000361. The smallest absolute Gasteiger partial charge is 0.416 e. The average molecular weight is 762 g/mol. The number of carbonyl (C=O) groups is 4. The van der Waals surface area contributed by atoms with Gasteiger partial charge in [-0.25, -0.2) is 14.4 Å². The van der Waals surface area contributed by atoms with Crippen molar-refractivity contribution in [3.05, 3.63) is 117 Å². The van der Waals surface area contributed by atoms with E-state index in [4.69, 9.17) is 14.2 Å². The normalized spacial score (nSPS) is 11.2. The summed E-state index contributed by atoms with van der Waals surface area (Å²) in [4.78, 5) is 47.0. The fourth-order valence-corrected chi connectivity index (χ4v) is 5.12. The third-order valence-corrected chi connectivity index (χ3v) is 7.79. The van der Waals surface area contributed by atoms with Crippen molar-refractivity contribution in [2.75, 3.05) is 20.3 Å². The van der Waals surface area contributed by atoms with Crippen LogP contribution in [0.15, 0.2) is 66.7 Å². The lowest BCUT2D eigenvalue weighted by Crippen LogP contribution is -2.31. The van der Waals surface area contributed by atoms with E-state index in [-0.39, 0.29) is 64.4 Å². The minimum absolute atomic E-state index is 0. The van der Waals surface area contributed by atoms with Crippen LogP contribution in [0.3, 0.4) is 0 Å². The zero-order valence-electron chi connectivity index (χ0n) is 29.4. The molecular weight excluding hydrogens is 723 g/mol. The highest BCUT2D eigenvalue weighted by molar-refractivity contribution is 6.01. The van der Waals surface area contributed by atoms with Crippen molar-refractivity contribution in [2.45, 2.75) is 46.3 Å². The van der Waals surface area contributed by atoms with Crippen molar-refractivity contribution in [3.63, 3.8) is 0 Å². The predicted octanol–water partition coefficient (Wildman–Crippen LogP) is 7.27. The number of hydrogen-bond acceptors (Lipinski definition) is 10. The van der Waals surface area contributed by atoms with Gasteiger partial charge in [-0.3, -0.25) is 4.79 Å². The second-order valence-electron chi connectivity index (χ2n) is 11.6. The first-order chi connectivity index (χ1) is 24.5. The number of aromatic carboxylic acids is 1. The van der Waals surface area contributed by atoms with E-state index in [9.17, 15) is 47.7 Å². The number of hydrogen-bond donors (Lipinski definition) is 4. The second kappa shape index (κ2) is 19.3. The molecule has 0 aliphatic rings. The first-order valence-electron chi connectivity index (χ1n) is 15.8. The molecule has 0 aliphatic heterocycles. The van der Waals surface area contributed by atoms with Crippen LogP contribution in [-0.4, -0.2) is 65.8 Å². The number of carbonyl (C=O) groups excluding carboxylic acids is 3. The molecule has 4 N–H and O–H groups in total. The van der Waals surface area contributed by atoms with Crippen LogP contribution < -0.4 is 14.8 Å². The van der Waals surface area contributed by atoms with Crippen LogP contribution in [0, 0.1) is 20.8 Å². The number of rotatable bonds is 12. The van der Waals surface area contributed by atoms with Gasteiger partial charge in [0.1, 0.15) is 40.7 Å². The number of phenols is 2. The molecule has 4 rings (SSSR count). The first kappa shape index (κ1) is 43.6. The van der Waals surface area contributed by atoms with Gasteiger partial charge in [-0.1, -0.05) is 36.4 Å². The third-order valence-electron chi connectivity index (χ3n) is 7.79. The maximum absolute atomic E-state index is 12.7. The molecule has 284 valence electrons. The SMILES string of the molecule is CC(Cc1cccc(C(F)(F)F)c1)NCCOC(=O)c1ccccc1.COc1cc(C)c(C(=O)Oc2cc(C)c(O)c(C(=O)O)c2C)c(O)c1C=O.Cl. The van der Waals surface area contributed by atoms with Crippen molar-refractivity contribution >= 4 is 36.6 Å². The van der Waals surface area contributed by atoms with Crippen LogP contribution in [0.25, 0.3) is 0 Å². The Morgan fingerprint density at radius 2 is 1.51 bits per heavy atom. The molecule has 0 saturated carbocycles. The van der Waals surface area contributed by atoms with Crippen LogP contribution >= 0.6 is 12.4 Å². The van der Waals surface area contributed by atoms with Gasteiger partial charge in [-0.15, -0.1) is 12.4 Å². The second-order valence-corrected chi connectivity index (χ2v) is 11.6. The average Bonchev–Trinajstić information content (AvgIpc) is 3.09. The van der Waals surface area contributed by atoms with Crippen molar-refractivity contribution in [1.29, 1.82) is 0 Å². The zero-order valence-corrected chi connectivity index (χ0v) is 30.2. The molecule has 1 atom stereocenters. The zero-order chi connectivity index (χ0) is 38.7. The Hall–Kier alpha value is -5.60. The van der Waals surface area contributed by atoms with E-state index < -0.39 is 41.1 Å². The first-order valence-corrected chi connectivity index (χ1v) is 15.8. The van der Waals surface area contributed by atoms with Gasteiger partial charge in [0.25, 0.3) is 0 Å². The molecule has 4 aromatic rings. The summed E-state index contributed by atoms with van der Waals surface area (Å²) in [5.41, 5.74) is 0.142. The Bertz CT molecular complexity index is 1930. The molecule has 11 nitrogen and oxygen atoms in total. The molecule has 0 radical (unpaired) electrons. The van der Waals surface area contributed by atoms with Crippen molar-refractivity contribution in [1.82, 2.24) is 5.32 Å². The number of aldehydes is 1. The predicted molar refractivity (Wildman–Crippen MR) is 191 cm³/mol. The van der Waals surface area contributed by atoms with Gasteiger partial charge in [0, 0.05) is 18.2 Å². The van der Waals surface area contributed by atoms with Gasteiger partial charge in [-0.05, 0) is 81.1 Å². The Labute approximate surface area is 309 Å². The molecule has 53 heavy (non-hydrogen) atoms. The number of alkyl halides is 3. The molecule has 15 heteroatoms. The molecular formula is C38H39ClF3NO10. The summed E-state index contributed by atoms with van der Waals surface area (Å²) in [6.07, 6.45) is -3.53. The largest absolute Gasteiger partial charge is 0.507 e. The minimum Gasteiger partial charge on any atom is -0.507 e. The summed E-state index contributed by atoms with van der Waals surface area (Å²) in [6, 6.07) is 16.6.